The number of hydrogen-bond acceptors (Lipinski definition) is 22. The molecule has 0 bridgehead atoms. The van der Waals surface area contributed by atoms with E-state index in [1.807, 2.05) is 0 Å². The molecule has 2 aliphatic rings. The number of carbonyl (C=O) groups excluding carboxylic acids is 3. The minimum Gasteiger partial charge on any atom is -0.790 e. The number of carbonyl (C=O) groups is 3. The number of hydrogen-bond donors (Lipinski definition) is 5. The topological polar surface area (TPSA) is 375 Å². The Kier molecular flexibility index (Phi) is 14.8. The zero-order valence-electron chi connectivity index (χ0n) is 30.0. The summed E-state index contributed by atoms with van der Waals surface area (Å²) >= 11 is 1.09. The molecule has 2 amide bonds. The first-order valence-corrected chi connectivity index (χ1v) is 21.9. The number of nitrogens with one attached hydrogen (secondary N) is 2. The molecule has 0 radical (unpaired) electrons. The predicted molar refractivity (Wildman–Crippen MR) is 185 cm³/mol. The Bertz CT molecular complexity index is 1950. The van der Waals surface area contributed by atoms with Gasteiger partial charge in [0.2, 0.25) is 11.8 Å². The third kappa shape index (κ3) is 12.4. The van der Waals surface area contributed by atoms with Crippen molar-refractivity contribution in [3.05, 3.63) is 24.8 Å². The number of thioether (sulfide) groups is 1. The Morgan fingerprint density at radius 3 is 2.45 bits per heavy atom. The monoisotopic (exact) mass is 871 g/mol. The molecule has 28 heteroatoms. The second kappa shape index (κ2) is 18.1. The molecule has 2 fully saturated rings. The van der Waals surface area contributed by atoms with Gasteiger partial charge in [0.05, 0.1) is 27.4 Å². The summed E-state index contributed by atoms with van der Waals surface area (Å²) in [4.78, 5) is 96.3. The molecule has 0 spiro atoms. The van der Waals surface area contributed by atoms with Crippen LogP contribution in [0.5, 0.6) is 0 Å². The van der Waals surface area contributed by atoms with Crippen molar-refractivity contribution in [1.82, 2.24) is 30.2 Å². The highest BCUT2D eigenvalue weighted by Gasteiger charge is 2.55. The van der Waals surface area contributed by atoms with E-state index in [2.05, 4.69) is 50.0 Å². The minimum atomic E-state index is -5.93. The summed E-state index contributed by atoms with van der Waals surface area (Å²) in [5.74, 6) is -0.961. The molecule has 0 aromatic carbocycles. The van der Waals surface area contributed by atoms with E-state index in [1.165, 1.54) is 20.8 Å². The first kappa shape index (κ1) is 46.0. The summed E-state index contributed by atoms with van der Waals surface area (Å²) in [5, 5.41) is 26.5. The molecule has 3 heterocycles. The van der Waals surface area contributed by atoms with Crippen LogP contribution in [-0.4, -0.2) is 103 Å². The summed E-state index contributed by atoms with van der Waals surface area (Å²) < 4.78 is 61.0. The highest BCUT2D eigenvalue weighted by atomic mass is 32.2. The van der Waals surface area contributed by atoms with E-state index in [0.29, 0.717) is 12.2 Å². The fourth-order valence-electron chi connectivity index (χ4n) is 5.32. The summed E-state index contributed by atoms with van der Waals surface area (Å²) in [6.07, 6.45) is -4.82. The van der Waals surface area contributed by atoms with Gasteiger partial charge in [-0.25, -0.2) is 19.3 Å². The van der Waals surface area contributed by atoms with Crippen molar-refractivity contribution in [2.24, 2.45) is 11.3 Å². The molecule has 1 saturated heterocycles. The van der Waals surface area contributed by atoms with Gasteiger partial charge >= 0.3 is 0 Å². The number of amides is 2. The second-order valence-corrected chi connectivity index (χ2v) is 18.7. The zero-order valence-corrected chi connectivity index (χ0v) is 33.5. The van der Waals surface area contributed by atoms with Crippen molar-refractivity contribution in [3.8, 4) is 0 Å². The van der Waals surface area contributed by atoms with Crippen molar-refractivity contribution in [2.45, 2.75) is 70.2 Å². The van der Waals surface area contributed by atoms with Crippen LogP contribution >= 0.6 is 35.2 Å². The standard InChI is InChI=1S/C28H44N7O17P3S/c1-15-9-16(15)10-19(37)56-8-7-30-18(36)5-6-31-26(40)23(39)27(2,3)12-49-55(46,47)52-54(44,45)48-11-17-21(51-53(41,42)43)22(38)28(4,50-17)35-14-34-20-24(29)32-13-33-25(20)35/h13-14,16-17,21-23,38-39H,1,5-12H2,2-4H3,(H,30,36)(H,31,40)(H,44,45)(H,46,47)(H2,29,32,33)(H2,41,42,43)/p-4. The Hall–Kier alpha value is -2.70. The van der Waals surface area contributed by atoms with E-state index >= 15 is 0 Å². The average molecular weight is 872 g/mol. The summed E-state index contributed by atoms with van der Waals surface area (Å²) in [6.45, 7) is 5.07. The maximum Gasteiger partial charge on any atom is 0.274 e. The molecule has 1 aliphatic heterocycles. The third-order valence-corrected chi connectivity index (χ3v) is 12.5. The summed E-state index contributed by atoms with van der Waals surface area (Å²) in [7, 11) is -17.6. The van der Waals surface area contributed by atoms with Crippen LogP contribution in [0.25, 0.3) is 11.2 Å². The largest absolute Gasteiger partial charge is 0.790 e. The van der Waals surface area contributed by atoms with Crippen LogP contribution in [-0.2, 0) is 56.4 Å². The Morgan fingerprint density at radius 2 is 1.80 bits per heavy atom. The minimum absolute atomic E-state index is 0.00182. The number of nitrogen functional groups attached to an aromatic ring is 1. The Labute approximate surface area is 323 Å². The summed E-state index contributed by atoms with van der Waals surface area (Å²) in [6, 6.07) is 0. The van der Waals surface area contributed by atoms with E-state index < -0.39 is 84.1 Å². The molecule has 1 saturated carbocycles. The molecule has 314 valence electrons. The van der Waals surface area contributed by atoms with Crippen molar-refractivity contribution >= 4 is 69.1 Å². The number of rotatable bonds is 21. The van der Waals surface area contributed by atoms with Crippen LogP contribution in [0.2, 0.25) is 0 Å². The number of ether oxygens (including phenoxy) is 1. The number of nitrogens with zero attached hydrogens (tertiary/aromatic N) is 4. The van der Waals surface area contributed by atoms with Gasteiger partial charge in [-0.1, -0.05) is 37.8 Å². The maximum atomic E-state index is 12.6. The quantitative estimate of drug-likeness (QED) is 0.0483. The molecular weight excluding hydrogens is 831 g/mol. The van der Waals surface area contributed by atoms with Crippen LogP contribution in [0.1, 0.15) is 40.0 Å². The molecule has 8 atom stereocenters. The van der Waals surface area contributed by atoms with Crippen molar-refractivity contribution < 1.29 is 80.5 Å². The van der Waals surface area contributed by atoms with E-state index in [9.17, 15) is 57.9 Å². The molecular formula is C28H40N7O17P3S-4. The first-order valence-electron chi connectivity index (χ1n) is 16.5. The van der Waals surface area contributed by atoms with Gasteiger partial charge in [0.1, 0.15) is 36.3 Å². The number of phosphoric acid groups is 3. The number of imidazole rings is 1. The fourth-order valence-corrected chi connectivity index (χ4v) is 8.80. The number of phosphoric ester groups is 3. The van der Waals surface area contributed by atoms with Gasteiger partial charge in [0.15, 0.2) is 22.3 Å². The SMILES string of the molecule is C=C1CC1CC(=O)SCCNC(=O)CCNC(=O)C(O)C(C)(C)COP(=O)([O-])OP(=O)([O-])OCC1OC(C)(n2cnc3c(N)ncnc32)C(O)C1OP(=O)([O-])[O-]. The van der Waals surface area contributed by atoms with E-state index in [-0.39, 0.29) is 47.5 Å². The summed E-state index contributed by atoms with van der Waals surface area (Å²) in [5.41, 5.74) is 3.07. The van der Waals surface area contributed by atoms with Crippen LogP contribution in [0, 0.1) is 11.3 Å². The van der Waals surface area contributed by atoms with Gasteiger partial charge in [-0.15, -0.1) is 0 Å². The van der Waals surface area contributed by atoms with Gasteiger partial charge in [-0.3, -0.25) is 28.1 Å². The fraction of sp³-hybridized carbons (Fsp3) is 0.643. The number of fused-ring (bicyclic) bond motifs is 1. The molecule has 2 aromatic rings. The average Bonchev–Trinajstić information content (AvgIpc) is 3.48. The number of aromatic nitrogens is 4. The lowest BCUT2D eigenvalue weighted by Crippen LogP contribution is -2.46. The van der Waals surface area contributed by atoms with Crippen molar-refractivity contribution in [1.29, 1.82) is 0 Å². The maximum absolute atomic E-state index is 12.6. The lowest BCUT2D eigenvalue weighted by molar-refractivity contribution is -0.347. The van der Waals surface area contributed by atoms with E-state index in [0.717, 1.165) is 41.0 Å². The Balaban J connectivity index is 1.25. The smallest absolute Gasteiger partial charge is 0.274 e. The van der Waals surface area contributed by atoms with Crippen LogP contribution in [0.4, 0.5) is 5.82 Å². The molecule has 6 N–H and O–H groups in total. The molecule has 56 heavy (non-hydrogen) atoms. The molecule has 24 nitrogen and oxygen atoms in total. The zero-order chi connectivity index (χ0) is 41.9. The normalized spacial score (nSPS) is 25.3. The van der Waals surface area contributed by atoms with Gasteiger partial charge in [0, 0.05) is 37.1 Å². The van der Waals surface area contributed by atoms with Crippen LogP contribution in [0.3, 0.4) is 0 Å². The lowest BCUT2D eigenvalue weighted by atomic mass is 9.87. The molecule has 8 unspecified atom stereocenters. The predicted octanol–water partition coefficient (Wildman–Crippen LogP) is -2.72. The number of aliphatic hydroxyl groups excluding tert-OH is 2. The van der Waals surface area contributed by atoms with Crippen LogP contribution in [0.15, 0.2) is 24.8 Å². The number of aliphatic hydroxyl groups is 2. The molecule has 2 aromatic heterocycles. The number of anilines is 1. The van der Waals surface area contributed by atoms with E-state index in [4.69, 9.17) is 10.5 Å². The van der Waals surface area contributed by atoms with Gasteiger partial charge in [-0.2, -0.15) is 0 Å². The van der Waals surface area contributed by atoms with E-state index in [1.54, 1.807) is 0 Å². The second-order valence-electron chi connectivity index (χ2n) is 13.5. The van der Waals surface area contributed by atoms with Crippen molar-refractivity contribution in [2.75, 3.05) is 37.8 Å². The van der Waals surface area contributed by atoms with Crippen LogP contribution < -0.4 is 35.9 Å². The highest BCUT2D eigenvalue weighted by molar-refractivity contribution is 8.13. The molecule has 4 rings (SSSR count). The van der Waals surface area contributed by atoms with Gasteiger partial charge in [0.25, 0.3) is 15.6 Å². The molecule has 1 aliphatic carbocycles. The third-order valence-electron chi connectivity index (χ3n) is 8.56. The lowest BCUT2D eigenvalue weighted by Gasteiger charge is -2.36. The van der Waals surface area contributed by atoms with Gasteiger partial charge in [-0.05, 0) is 19.3 Å². The first-order chi connectivity index (χ1) is 25.8. The van der Waals surface area contributed by atoms with Crippen molar-refractivity contribution in [3.63, 3.8) is 0 Å². The number of nitrogens with two attached hydrogens (primary N) is 1. The number of allylic oxidation sites excluding steroid dienone is 1. The van der Waals surface area contributed by atoms with Gasteiger partial charge < -0.3 is 69.0 Å². The Morgan fingerprint density at radius 1 is 1.14 bits per heavy atom. The highest BCUT2D eigenvalue weighted by Crippen LogP contribution is 2.56.